The highest BCUT2D eigenvalue weighted by atomic mass is 16.5. The summed E-state index contributed by atoms with van der Waals surface area (Å²) in [4.78, 5) is 23.4. The SMILES string of the molecule is CCOc1cc(/C=C/C(=O)OCC(=O)NCCC(C)C)ccc1OCC(C)C. The van der Waals surface area contributed by atoms with Crippen molar-refractivity contribution in [1.29, 1.82) is 0 Å². The van der Waals surface area contributed by atoms with E-state index in [1.165, 1.54) is 6.08 Å². The van der Waals surface area contributed by atoms with E-state index in [-0.39, 0.29) is 12.5 Å². The molecule has 0 bridgehead atoms. The number of benzene rings is 1. The van der Waals surface area contributed by atoms with Gasteiger partial charge in [-0.2, -0.15) is 0 Å². The molecule has 0 heterocycles. The highest BCUT2D eigenvalue weighted by Crippen LogP contribution is 2.29. The Morgan fingerprint density at radius 3 is 2.46 bits per heavy atom. The van der Waals surface area contributed by atoms with E-state index in [1.807, 2.05) is 25.1 Å². The molecule has 0 aromatic heterocycles. The largest absolute Gasteiger partial charge is 0.490 e. The van der Waals surface area contributed by atoms with Gasteiger partial charge in [0.05, 0.1) is 13.2 Å². The monoisotopic (exact) mass is 391 g/mol. The van der Waals surface area contributed by atoms with Crippen LogP contribution in [0.1, 0.15) is 46.6 Å². The summed E-state index contributed by atoms with van der Waals surface area (Å²) in [6.45, 7) is 11.6. The van der Waals surface area contributed by atoms with Crippen LogP contribution in [0.2, 0.25) is 0 Å². The van der Waals surface area contributed by atoms with Crippen molar-refractivity contribution < 1.29 is 23.8 Å². The van der Waals surface area contributed by atoms with Gasteiger partial charge >= 0.3 is 5.97 Å². The van der Waals surface area contributed by atoms with Crippen molar-refractivity contribution in [3.8, 4) is 11.5 Å². The number of ether oxygens (including phenoxy) is 3. The molecule has 28 heavy (non-hydrogen) atoms. The molecule has 6 heteroatoms. The summed E-state index contributed by atoms with van der Waals surface area (Å²) in [5.41, 5.74) is 0.777. The Bertz CT molecular complexity index is 652. The fourth-order valence-corrected chi connectivity index (χ4v) is 2.17. The molecule has 0 unspecified atom stereocenters. The van der Waals surface area contributed by atoms with E-state index in [2.05, 4.69) is 33.0 Å². The molecule has 0 aliphatic carbocycles. The Morgan fingerprint density at radius 2 is 1.82 bits per heavy atom. The minimum absolute atomic E-state index is 0.284. The molecule has 1 aromatic rings. The van der Waals surface area contributed by atoms with E-state index in [9.17, 15) is 9.59 Å². The van der Waals surface area contributed by atoms with Gasteiger partial charge in [-0.25, -0.2) is 4.79 Å². The van der Waals surface area contributed by atoms with E-state index in [4.69, 9.17) is 14.2 Å². The first kappa shape index (κ1) is 23.5. The zero-order valence-corrected chi connectivity index (χ0v) is 17.6. The number of carbonyl (C=O) groups excluding carboxylic acids is 2. The number of carbonyl (C=O) groups is 2. The Morgan fingerprint density at radius 1 is 1.07 bits per heavy atom. The molecular weight excluding hydrogens is 358 g/mol. The Kier molecular flexibility index (Phi) is 10.8. The van der Waals surface area contributed by atoms with Gasteiger partial charge in [0.25, 0.3) is 5.91 Å². The Hall–Kier alpha value is -2.50. The van der Waals surface area contributed by atoms with Crippen LogP contribution < -0.4 is 14.8 Å². The molecular formula is C22H33NO5. The minimum atomic E-state index is -0.572. The second kappa shape index (κ2) is 12.8. The maximum Gasteiger partial charge on any atom is 0.331 e. The molecule has 1 aromatic carbocycles. The molecule has 0 aliphatic heterocycles. The predicted molar refractivity (Wildman–Crippen MR) is 110 cm³/mol. The van der Waals surface area contributed by atoms with Crippen LogP contribution in [0.3, 0.4) is 0 Å². The number of hydrogen-bond donors (Lipinski definition) is 1. The zero-order valence-electron chi connectivity index (χ0n) is 17.6. The second-order valence-corrected chi connectivity index (χ2v) is 7.32. The molecule has 1 amide bonds. The van der Waals surface area contributed by atoms with Gasteiger partial charge in [0.2, 0.25) is 0 Å². The summed E-state index contributed by atoms with van der Waals surface area (Å²) >= 11 is 0. The lowest BCUT2D eigenvalue weighted by molar-refractivity contribution is -0.143. The molecule has 0 aliphatic rings. The molecule has 1 rings (SSSR count). The summed E-state index contributed by atoms with van der Waals surface area (Å²) in [7, 11) is 0. The van der Waals surface area contributed by atoms with Crippen molar-refractivity contribution in [3.63, 3.8) is 0 Å². The van der Waals surface area contributed by atoms with Crippen molar-refractivity contribution in [2.45, 2.75) is 41.0 Å². The number of amides is 1. The predicted octanol–water partition coefficient (Wildman–Crippen LogP) is 3.84. The summed E-state index contributed by atoms with van der Waals surface area (Å²) in [5.74, 6) is 1.35. The third-order valence-corrected chi connectivity index (χ3v) is 3.64. The smallest absolute Gasteiger partial charge is 0.331 e. The maximum absolute atomic E-state index is 11.8. The van der Waals surface area contributed by atoms with Crippen molar-refractivity contribution >= 4 is 18.0 Å². The fraction of sp³-hybridized carbons (Fsp3) is 0.545. The van der Waals surface area contributed by atoms with E-state index >= 15 is 0 Å². The zero-order chi connectivity index (χ0) is 20.9. The van der Waals surface area contributed by atoms with Crippen molar-refractivity contribution in [2.24, 2.45) is 11.8 Å². The average Bonchev–Trinajstić information content (AvgIpc) is 2.63. The van der Waals surface area contributed by atoms with Crippen molar-refractivity contribution in [2.75, 3.05) is 26.4 Å². The Labute approximate surface area is 168 Å². The van der Waals surface area contributed by atoms with Gasteiger partial charge < -0.3 is 19.5 Å². The lowest BCUT2D eigenvalue weighted by atomic mass is 10.1. The summed E-state index contributed by atoms with van der Waals surface area (Å²) in [6.07, 6.45) is 3.80. The maximum atomic E-state index is 11.8. The molecule has 6 nitrogen and oxygen atoms in total. The lowest BCUT2D eigenvalue weighted by Gasteiger charge is -2.14. The fourth-order valence-electron chi connectivity index (χ4n) is 2.17. The molecule has 1 N–H and O–H groups in total. The van der Waals surface area contributed by atoms with Crippen LogP contribution in [0.4, 0.5) is 0 Å². The minimum Gasteiger partial charge on any atom is -0.490 e. The summed E-state index contributed by atoms with van der Waals surface area (Å²) < 4.78 is 16.3. The molecule has 0 spiro atoms. The number of esters is 1. The number of rotatable bonds is 12. The first-order chi connectivity index (χ1) is 13.3. The van der Waals surface area contributed by atoms with Crippen LogP contribution in [-0.2, 0) is 14.3 Å². The first-order valence-corrected chi connectivity index (χ1v) is 9.83. The van der Waals surface area contributed by atoms with Gasteiger partial charge in [-0.15, -0.1) is 0 Å². The first-order valence-electron chi connectivity index (χ1n) is 9.83. The summed E-state index contributed by atoms with van der Waals surface area (Å²) in [6, 6.07) is 5.46. The molecule has 0 atom stereocenters. The third kappa shape index (κ3) is 10.00. The summed E-state index contributed by atoms with van der Waals surface area (Å²) in [5, 5.41) is 2.72. The number of hydrogen-bond acceptors (Lipinski definition) is 5. The third-order valence-electron chi connectivity index (χ3n) is 3.64. The van der Waals surface area contributed by atoms with Crippen LogP contribution in [-0.4, -0.2) is 38.2 Å². The topological polar surface area (TPSA) is 73.9 Å². The standard InChI is InChI=1S/C22H33NO5/c1-6-26-20-13-18(7-9-19(20)27-14-17(4)5)8-10-22(25)28-15-21(24)23-12-11-16(2)3/h7-10,13,16-17H,6,11-12,14-15H2,1-5H3,(H,23,24)/b10-8+. The highest BCUT2D eigenvalue weighted by Gasteiger charge is 2.08. The lowest BCUT2D eigenvalue weighted by Crippen LogP contribution is -2.29. The van der Waals surface area contributed by atoms with E-state index in [1.54, 1.807) is 6.08 Å². The van der Waals surface area contributed by atoms with Gasteiger partial charge in [0.1, 0.15) is 0 Å². The molecule has 156 valence electrons. The van der Waals surface area contributed by atoms with Gasteiger partial charge in [-0.1, -0.05) is 33.8 Å². The van der Waals surface area contributed by atoms with Crippen LogP contribution in [0.25, 0.3) is 6.08 Å². The van der Waals surface area contributed by atoms with Gasteiger partial charge in [0, 0.05) is 12.6 Å². The van der Waals surface area contributed by atoms with E-state index in [0.717, 1.165) is 12.0 Å². The molecule has 0 radical (unpaired) electrons. The average molecular weight is 392 g/mol. The van der Waals surface area contributed by atoms with Gasteiger partial charge in [-0.3, -0.25) is 4.79 Å². The highest BCUT2D eigenvalue weighted by molar-refractivity contribution is 5.89. The molecule has 0 fully saturated rings. The van der Waals surface area contributed by atoms with Crippen LogP contribution in [0.15, 0.2) is 24.3 Å². The number of nitrogens with one attached hydrogen (secondary N) is 1. The normalized spacial score (nSPS) is 11.1. The van der Waals surface area contributed by atoms with Gasteiger partial charge in [-0.05, 0) is 49.0 Å². The van der Waals surface area contributed by atoms with Crippen molar-refractivity contribution in [1.82, 2.24) is 5.32 Å². The van der Waals surface area contributed by atoms with Gasteiger partial charge in [0.15, 0.2) is 18.1 Å². The van der Waals surface area contributed by atoms with Crippen molar-refractivity contribution in [3.05, 3.63) is 29.8 Å². The van der Waals surface area contributed by atoms with Crippen LogP contribution in [0, 0.1) is 11.8 Å². The van der Waals surface area contributed by atoms with Crippen LogP contribution >= 0.6 is 0 Å². The van der Waals surface area contributed by atoms with Crippen LogP contribution in [0.5, 0.6) is 11.5 Å². The van der Waals surface area contributed by atoms with E-state index < -0.39 is 5.97 Å². The Balaban J connectivity index is 2.56. The molecule has 0 saturated carbocycles. The van der Waals surface area contributed by atoms with E-state index in [0.29, 0.717) is 43.1 Å². The quantitative estimate of drug-likeness (QED) is 0.433. The second-order valence-electron chi connectivity index (χ2n) is 7.32. The molecule has 0 saturated heterocycles.